The van der Waals surface area contributed by atoms with Crippen molar-refractivity contribution in [1.82, 2.24) is 10.2 Å². The third kappa shape index (κ3) is 3.27. The molecule has 0 spiro atoms. The molecular weight excluding hydrogens is 264 g/mol. The zero-order chi connectivity index (χ0) is 14.7. The van der Waals surface area contributed by atoms with E-state index in [1.807, 2.05) is 23.1 Å². The van der Waals surface area contributed by atoms with E-state index in [4.69, 9.17) is 4.74 Å². The highest BCUT2D eigenvalue weighted by Crippen LogP contribution is 2.35. The number of carbonyl (C=O) groups is 1. The highest BCUT2D eigenvalue weighted by Gasteiger charge is 2.36. The number of ether oxygens (including phenoxy) is 1. The van der Waals surface area contributed by atoms with Crippen LogP contribution in [0.5, 0.6) is 0 Å². The monoisotopic (exact) mass is 288 g/mol. The first kappa shape index (κ1) is 14.5. The molecule has 4 nitrogen and oxygen atoms in total. The standard InChI is InChI=1S/C17H24N2O2/c1-13-12-19(10-9-18-13)17(20)15-8-5-11-21-16(15)14-6-3-2-4-7-14/h2-4,6-7,13,15-16,18H,5,8-12H2,1H3/t13-,15?,16?/m0/s1. The summed E-state index contributed by atoms with van der Waals surface area (Å²) < 4.78 is 5.95. The summed E-state index contributed by atoms with van der Waals surface area (Å²) in [5, 5.41) is 3.39. The first-order chi connectivity index (χ1) is 10.3. The van der Waals surface area contributed by atoms with Gasteiger partial charge in [0, 0.05) is 32.3 Å². The fraction of sp³-hybridized carbons (Fsp3) is 0.588. The summed E-state index contributed by atoms with van der Waals surface area (Å²) in [4.78, 5) is 14.9. The fourth-order valence-corrected chi connectivity index (χ4v) is 3.37. The smallest absolute Gasteiger partial charge is 0.228 e. The molecule has 3 atom stereocenters. The van der Waals surface area contributed by atoms with Gasteiger partial charge in [-0.15, -0.1) is 0 Å². The van der Waals surface area contributed by atoms with Gasteiger partial charge in [-0.05, 0) is 25.3 Å². The molecule has 2 heterocycles. The van der Waals surface area contributed by atoms with Crippen molar-refractivity contribution in [3.8, 4) is 0 Å². The molecule has 1 aromatic carbocycles. The Hall–Kier alpha value is -1.39. The van der Waals surface area contributed by atoms with Crippen LogP contribution in [0.1, 0.15) is 31.4 Å². The summed E-state index contributed by atoms with van der Waals surface area (Å²) in [5.74, 6) is 0.225. The van der Waals surface area contributed by atoms with Gasteiger partial charge in [0.2, 0.25) is 5.91 Å². The van der Waals surface area contributed by atoms with E-state index in [2.05, 4.69) is 24.4 Å². The van der Waals surface area contributed by atoms with Crippen molar-refractivity contribution < 1.29 is 9.53 Å². The van der Waals surface area contributed by atoms with E-state index in [9.17, 15) is 4.79 Å². The third-order valence-corrected chi connectivity index (χ3v) is 4.45. The Morgan fingerprint density at radius 1 is 1.33 bits per heavy atom. The average Bonchev–Trinajstić information content (AvgIpc) is 2.55. The van der Waals surface area contributed by atoms with Crippen LogP contribution in [0.2, 0.25) is 0 Å². The van der Waals surface area contributed by atoms with Crippen molar-refractivity contribution in [1.29, 1.82) is 0 Å². The molecule has 0 aliphatic carbocycles. The molecule has 114 valence electrons. The van der Waals surface area contributed by atoms with Gasteiger partial charge in [0.25, 0.3) is 0 Å². The number of nitrogens with one attached hydrogen (secondary N) is 1. The topological polar surface area (TPSA) is 41.6 Å². The average molecular weight is 288 g/mol. The number of carbonyl (C=O) groups excluding carboxylic acids is 1. The lowest BCUT2D eigenvalue weighted by Gasteiger charge is -2.38. The number of hydrogen-bond donors (Lipinski definition) is 1. The Labute approximate surface area is 126 Å². The predicted molar refractivity (Wildman–Crippen MR) is 81.9 cm³/mol. The minimum atomic E-state index is -0.0855. The van der Waals surface area contributed by atoms with E-state index in [0.29, 0.717) is 6.04 Å². The second-order valence-electron chi connectivity index (χ2n) is 6.09. The zero-order valence-corrected chi connectivity index (χ0v) is 12.6. The minimum Gasteiger partial charge on any atom is -0.373 e. The van der Waals surface area contributed by atoms with E-state index < -0.39 is 0 Å². The molecule has 2 aliphatic heterocycles. The van der Waals surface area contributed by atoms with Gasteiger partial charge >= 0.3 is 0 Å². The minimum absolute atomic E-state index is 0.0357. The Balaban J connectivity index is 1.76. The Morgan fingerprint density at radius 3 is 2.90 bits per heavy atom. The Bertz CT molecular complexity index is 477. The second-order valence-corrected chi connectivity index (χ2v) is 6.09. The number of amides is 1. The van der Waals surface area contributed by atoms with E-state index in [-0.39, 0.29) is 17.9 Å². The van der Waals surface area contributed by atoms with Crippen LogP contribution >= 0.6 is 0 Å². The van der Waals surface area contributed by atoms with Crippen molar-refractivity contribution in [3.63, 3.8) is 0 Å². The normalized spacial score (nSPS) is 30.1. The van der Waals surface area contributed by atoms with E-state index >= 15 is 0 Å². The van der Waals surface area contributed by atoms with Crippen molar-refractivity contribution in [2.45, 2.75) is 31.9 Å². The molecule has 3 rings (SSSR count). The van der Waals surface area contributed by atoms with Gasteiger partial charge in [0.15, 0.2) is 0 Å². The van der Waals surface area contributed by atoms with Crippen molar-refractivity contribution in [2.24, 2.45) is 5.92 Å². The van der Waals surface area contributed by atoms with E-state index in [1.165, 1.54) is 0 Å². The third-order valence-electron chi connectivity index (χ3n) is 4.45. The van der Waals surface area contributed by atoms with Crippen LogP contribution in [-0.4, -0.2) is 43.1 Å². The van der Waals surface area contributed by atoms with Gasteiger partial charge in [0.05, 0.1) is 12.0 Å². The van der Waals surface area contributed by atoms with Gasteiger partial charge in [-0.2, -0.15) is 0 Å². The van der Waals surface area contributed by atoms with Crippen LogP contribution in [0.15, 0.2) is 30.3 Å². The van der Waals surface area contributed by atoms with Gasteiger partial charge in [-0.3, -0.25) is 4.79 Å². The molecule has 0 saturated carbocycles. The number of nitrogens with zero attached hydrogens (tertiary/aromatic N) is 1. The van der Waals surface area contributed by atoms with E-state index in [0.717, 1.165) is 44.6 Å². The van der Waals surface area contributed by atoms with Gasteiger partial charge in [-0.1, -0.05) is 30.3 Å². The van der Waals surface area contributed by atoms with Crippen LogP contribution in [0.25, 0.3) is 0 Å². The molecule has 1 aromatic rings. The molecule has 4 heteroatoms. The number of rotatable bonds is 2. The van der Waals surface area contributed by atoms with Crippen LogP contribution in [0.3, 0.4) is 0 Å². The molecule has 1 amide bonds. The SMILES string of the molecule is C[C@H]1CN(C(=O)C2CCCOC2c2ccccc2)CCN1. The first-order valence-corrected chi connectivity index (χ1v) is 7.94. The summed E-state index contributed by atoms with van der Waals surface area (Å²) >= 11 is 0. The molecule has 1 N–H and O–H groups in total. The fourth-order valence-electron chi connectivity index (χ4n) is 3.37. The Morgan fingerprint density at radius 2 is 2.14 bits per heavy atom. The van der Waals surface area contributed by atoms with Crippen LogP contribution in [0.4, 0.5) is 0 Å². The van der Waals surface area contributed by atoms with E-state index in [1.54, 1.807) is 0 Å². The van der Waals surface area contributed by atoms with Gasteiger partial charge in [0.1, 0.15) is 0 Å². The lowest BCUT2D eigenvalue weighted by atomic mass is 9.88. The summed E-state index contributed by atoms with van der Waals surface area (Å²) in [7, 11) is 0. The Kier molecular flexibility index (Phi) is 4.56. The maximum atomic E-state index is 12.9. The molecule has 2 aliphatic rings. The van der Waals surface area contributed by atoms with Crippen LogP contribution < -0.4 is 5.32 Å². The maximum Gasteiger partial charge on any atom is 0.228 e. The molecule has 2 unspecified atom stereocenters. The lowest BCUT2D eigenvalue weighted by molar-refractivity contribution is -0.146. The molecule has 0 radical (unpaired) electrons. The van der Waals surface area contributed by atoms with Crippen LogP contribution in [-0.2, 0) is 9.53 Å². The summed E-state index contributed by atoms with van der Waals surface area (Å²) in [5.41, 5.74) is 1.12. The second kappa shape index (κ2) is 6.58. The zero-order valence-electron chi connectivity index (χ0n) is 12.6. The summed E-state index contributed by atoms with van der Waals surface area (Å²) in [6.07, 6.45) is 1.82. The maximum absolute atomic E-state index is 12.9. The molecular formula is C17H24N2O2. The number of piperazine rings is 1. The van der Waals surface area contributed by atoms with Crippen molar-refractivity contribution >= 4 is 5.91 Å². The highest BCUT2D eigenvalue weighted by atomic mass is 16.5. The van der Waals surface area contributed by atoms with Crippen molar-refractivity contribution in [3.05, 3.63) is 35.9 Å². The molecule has 0 aromatic heterocycles. The molecule has 0 bridgehead atoms. The number of hydrogen-bond acceptors (Lipinski definition) is 3. The molecule has 2 saturated heterocycles. The molecule has 2 fully saturated rings. The summed E-state index contributed by atoms with van der Waals surface area (Å²) in [6, 6.07) is 10.5. The first-order valence-electron chi connectivity index (χ1n) is 7.94. The van der Waals surface area contributed by atoms with Crippen molar-refractivity contribution in [2.75, 3.05) is 26.2 Å². The summed E-state index contributed by atoms with van der Waals surface area (Å²) in [6.45, 7) is 5.38. The lowest BCUT2D eigenvalue weighted by Crippen LogP contribution is -2.53. The van der Waals surface area contributed by atoms with Gasteiger partial charge < -0.3 is 15.0 Å². The predicted octanol–water partition coefficient (Wildman–Crippen LogP) is 1.97. The highest BCUT2D eigenvalue weighted by molar-refractivity contribution is 5.80. The van der Waals surface area contributed by atoms with Crippen LogP contribution in [0, 0.1) is 5.92 Å². The quantitative estimate of drug-likeness (QED) is 0.904. The van der Waals surface area contributed by atoms with Gasteiger partial charge in [-0.25, -0.2) is 0 Å². The number of benzene rings is 1. The molecule has 21 heavy (non-hydrogen) atoms. The largest absolute Gasteiger partial charge is 0.373 e.